The van der Waals surface area contributed by atoms with Crippen LogP contribution < -0.4 is 5.73 Å². The number of anilines is 1. The molecule has 2 aromatic rings. The fourth-order valence-electron chi connectivity index (χ4n) is 1.76. The molecule has 2 rings (SSSR count). The van der Waals surface area contributed by atoms with Crippen LogP contribution in [-0.4, -0.2) is 5.16 Å². The fourth-order valence-corrected chi connectivity index (χ4v) is 2.19. The summed E-state index contributed by atoms with van der Waals surface area (Å²) in [6, 6.07) is 3.37. The molecular formula is C12H10BrF3N2O. The lowest BCUT2D eigenvalue weighted by Gasteiger charge is -2.09. The summed E-state index contributed by atoms with van der Waals surface area (Å²) in [6.07, 6.45) is -3.88. The van der Waals surface area contributed by atoms with E-state index in [0.29, 0.717) is 27.7 Å². The minimum atomic E-state index is -4.41. The molecule has 2 N–H and O–H groups in total. The maximum Gasteiger partial charge on any atom is 0.416 e. The van der Waals surface area contributed by atoms with Crippen LogP contribution in [0.25, 0.3) is 11.3 Å². The molecule has 0 spiro atoms. The van der Waals surface area contributed by atoms with Crippen molar-refractivity contribution >= 4 is 21.8 Å². The first kappa shape index (κ1) is 13.9. The normalized spacial score (nSPS) is 11.8. The van der Waals surface area contributed by atoms with Gasteiger partial charge in [-0.1, -0.05) is 28.0 Å². The quantitative estimate of drug-likeness (QED) is 0.892. The van der Waals surface area contributed by atoms with Gasteiger partial charge in [-0.25, -0.2) is 0 Å². The van der Waals surface area contributed by atoms with Crippen molar-refractivity contribution in [3.05, 3.63) is 33.8 Å². The van der Waals surface area contributed by atoms with Crippen LogP contribution in [0.2, 0.25) is 0 Å². The standard InChI is InChI=1S/C12H10BrF3N2O/c1-2-7-10(18-19-11(7)17)8-5-6(12(14,15)16)3-4-9(8)13/h3-5H,2,17H2,1H3. The summed E-state index contributed by atoms with van der Waals surface area (Å²) < 4.78 is 43.5. The van der Waals surface area contributed by atoms with Gasteiger partial charge in [0.2, 0.25) is 5.88 Å². The van der Waals surface area contributed by atoms with Crippen LogP contribution in [0.4, 0.5) is 19.1 Å². The highest BCUT2D eigenvalue weighted by molar-refractivity contribution is 9.10. The van der Waals surface area contributed by atoms with Crippen molar-refractivity contribution in [3.63, 3.8) is 0 Å². The molecule has 7 heteroatoms. The summed E-state index contributed by atoms with van der Waals surface area (Å²) in [7, 11) is 0. The second-order valence-corrected chi connectivity index (χ2v) is 4.77. The molecule has 0 unspecified atom stereocenters. The zero-order chi connectivity index (χ0) is 14.2. The van der Waals surface area contributed by atoms with Crippen molar-refractivity contribution < 1.29 is 17.7 Å². The van der Waals surface area contributed by atoms with E-state index in [9.17, 15) is 13.2 Å². The van der Waals surface area contributed by atoms with Gasteiger partial charge in [-0.05, 0) is 24.6 Å². The number of hydrogen-bond donors (Lipinski definition) is 1. The first-order chi connectivity index (χ1) is 8.84. The molecule has 0 bridgehead atoms. The van der Waals surface area contributed by atoms with Crippen molar-refractivity contribution in [2.45, 2.75) is 19.5 Å². The fraction of sp³-hybridized carbons (Fsp3) is 0.250. The number of hydrogen-bond acceptors (Lipinski definition) is 3. The van der Waals surface area contributed by atoms with E-state index in [0.717, 1.165) is 12.1 Å². The second-order valence-electron chi connectivity index (χ2n) is 3.92. The van der Waals surface area contributed by atoms with Gasteiger partial charge in [-0.15, -0.1) is 0 Å². The maximum absolute atomic E-state index is 12.7. The molecule has 0 aliphatic rings. The van der Waals surface area contributed by atoms with E-state index in [2.05, 4.69) is 21.1 Å². The zero-order valence-corrected chi connectivity index (χ0v) is 11.5. The van der Waals surface area contributed by atoms with Gasteiger partial charge in [-0.3, -0.25) is 0 Å². The van der Waals surface area contributed by atoms with Gasteiger partial charge in [-0.2, -0.15) is 13.2 Å². The lowest BCUT2D eigenvalue weighted by atomic mass is 10.0. The number of nitrogens with two attached hydrogens (primary N) is 1. The Morgan fingerprint density at radius 3 is 2.63 bits per heavy atom. The molecule has 0 radical (unpaired) electrons. The Bertz CT molecular complexity index is 608. The predicted octanol–water partition coefficient (Wildman–Crippen LogP) is 4.27. The van der Waals surface area contributed by atoms with Crippen molar-refractivity contribution in [2.75, 3.05) is 5.73 Å². The van der Waals surface area contributed by atoms with E-state index in [4.69, 9.17) is 10.3 Å². The van der Waals surface area contributed by atoms with Gasteiger partial charge in [0.25, 0.3) is 0 Å². The molecule has 0 fully saturated rings. The van der Waals surface area contributed by atoms with Crippen LogP contribution in [0.15, 0.2) is 27.2 Å². The highest BCUT2D eigenvalue weighted by Gasteiger charge is 2.31. The number of benzene rings is 1. The first-order valence-corrected chi connectivity index (χ1v) is 6.25. The lowest BCUT2D eigenvalue weighted by Crippen LogP contribution is -2.05. The summed E-state index contributed by atoms with van der Waals surface area (Å²) in [5, 5.41) is 3.74. The first-order valence-electron chi connectivity index (χ1n) is 5.45. The van der Waals surface area contributed by atoms with Gasteiger partial charge < -0.3 is 10.3 Å². The molecule has 3 nitrogen and oxygen atoms in total. The van der Waals surface area contributed by atoms with E-state index in [-0.39, 0.29) is 5.88 Å². The minimum absolute atomic E-state index is 0.127. The third kappa shape index (κ3) is 2.60. The Kier molecular flexibility index (Phi) is 3.58. The highest BCUT2D eigenvalue weighted by atomic mass is 79.9. The van der Waals surface area contributed by atoms with Crippen molar-refractivity contribution in [2.24, 2.45) is 0 Å². The van der Waals surface area contributed by atoms with E-state index in [1.165, 1.54) is 6.07 Å². The SMILES string of the molecule is CCc1c(-c2cc(C(F)(F)F)ccc2Br)noc1N. The lowest BCUT2D eigenvalue weighted by molar-refractivity contribution is -0.137. The number of rotatable bonds is 2. The molecule has 0 aliphatic carbocycles. The van der Waals surface area contributed by atoms with Crippen LogP contribution in [0.3, 0.4) is 0 Å². The Morgan fingerprint density at radius 1 is 1.37 bits per heavy atom. The largest absolute Gasteiger partial charge is 0.416 e. The monoisotopic (exact) mass is 334 g/mol. The molecule has 0 amide bonds. The Balaban J connectivity index is 2.61. The Labute approximate surface area is 115 Å². The van der Waals surface area contributed by atoms with Crippen LogP contribution in [-0.2, 0) is 12.6 Å². The van der Waals surface area contributed by atoms with Crippen molar-refractivity contribution in [1.29, 1.82) is 0 Å². The average molecular weight is 335 g/mol. The summed E-state index contributed by atoms with van der Waals surface area (Å²) in [4.78, 5) is 0. The third-order valence-electron chi connectivity index (χ3n) is 2.72. The molecule has 0 aliphatic heterocycles. The maximum atomic E-state index is 12.7. The molecule has 1 heterocycles. The van der Waals surface area contributed by atoms with Gasteiger partial charge in [0.05, 0.1) is 5.56 Å². The minimum Gasteiger partial charge on any atom is -0.367 e. The molecule has 0 atom stereocenters. The molecule has 1 aromatic heterocycles. The van der Waals surface area contributed by atoms with Gasteiger partial charge in [0, 0.05) is 15.6 Å². The van der Waals surface area contributed by atoms with Crippen LogP contribution in [0, 0.1) is 0 Å². The van der Waals surface area contributed by atoms with Crippen LogP contribution >= 0.6 is 15.9 Å². The van der Waals surface area contributed by atoms with Gasteiger partial charge in [0.15, 0.2) is 0 Å². The summed E-state index contributed by atoms with van der Waals surface area (Å²) in [5.74, 6) is 0.127. The number of nitrogen functional groups attached to an aromatic ring is 1. The zero-order valence-electron chi connectivity index (χ0n) is 9.88. The predicted molar refractivity (Wildman–Crippen MR) is 68.4 cm³/mol. The summed E-state index contributed by atoms with van der Waals surface area (Å²) in [5.41, 5.74) is 6.10. The number of nitrogens with zero attached hydrogens (tertiary/aromatic N) is 1. The highest BCUT2D eigenvalue weighted by Crippen LogP contribution is 2.37. The average Bonchev–Trinajstić information content (AvgIpc) is 2.69. The Morgan fingerprint density at radius 2 is 2.05 bits per heavy atom. The summed E-state index contributed by atoms with van der Waals surface area (Å²) in [6.45, 7) is 1.83. The van der Waals surface area contributed by atoms with Gasteiger partial charge in [0.1, 0.15) is 5.69 Å². The van der Waals surface area contributed by atoms with Crippen molar-refractivity contribution in [1.82, 2.24) is 5.16 Å². The smallest absolute Gasteiger partial charge is 0.367 e. The molecular weight excluding hydrogens is 325 g/mol. The van der Waals surface area contributed by atoms with Crippen molar-refractivity contribution in [3.8, 4) is 11.3 Å². The molecule has 1 aromatic carbocycles. The van der Waals surface area contributed by atoms with E-state index >= 15 is 0 Å². The number of halogens is 4. The third-order valence-corrected chi connectivity index (χ3v) is 3.41. The second kappa shape index (κ2) is 4.88. The topological polar surface area (TPSA) is 52.0 Å². The van der Waals surface area contributed by atoms with E-state index in [1.807, 2.05) is 6.92 Å². The Hall–Kier alpha value is -1.50. The van der Waals surface area contributed by atoms with Crippen LogP contribution in [0.1, 0.15) is 18.1 Å². The van der Waals surface area contributed by atoms with Crippen LogP contribution in [0.5, 0.6) is 0 Å². The van der Waals surface area contributed by atoms with E-state index in [1.54, 1.807) is 0 Å². The molecule has 19 heavy (non-hydrogen) atoms. The number of aromatic nitrogens is 1. The van der Waals surface area contributed by atoms with E-state index < -0.39 is 11.7 Å². The summed E-state index contributed by atoms with van der Waals surface area (Å²) >= 11 is 3.22. The number of alkyl halides is 3. The molecule has 102 valence electrons. The molecule has 0 saturated heterocycles. The van der Waals surface area contributed by atoms with Gasteiger partial charge >= 0.3 is 6.18 Å². The molecule has 0 saturated carbocycles.